The van der Waals surface area contributed by atoms with Gasteiger partial charge < -0.3 is 4.74 Å². The second-order valence-electron chi connectivity index (χ2n) is 5.29. The second kappa shape index (κ2) is 2.96. The third kappa shape index (κ3) is 1.50. The van der Waals surface area contributed by atoms with Gasteiger partial charge in [0.25, 0.3) is 0 Å². The van der Waals surface area contributed by atoms with E-state index < -0.39 is 0 Å². The highest BCUT2D eigenvalue weighted by molar-refractivity contribution is 5.14. The summed E-state index contributed by atoms with van der Waals surface area (Å²) in [5.41, 5.74) is 0.510. The van der Waals surface area contributed by atoms with E-state index in [0.29, 0.717) is 11.3 Å². The molecule has 0 aromatic carbocycles. The molecule has 1 saturated heterocycles. The topological polar surface area (TPSA) is 21.3 Å². The maximum Gasteiger partial charge on any atom is 0.125 e. The zero-order valence-electron chi connectivity index (χ0n) is 9.02. The SMILES string of the molecule is CC(C)CN[C@]12C[C@@]1(C)CCCO2. The summed E-state index contributed by atoms with van der Waals surface area (Å²) in [4.78, 5) is 0. The molecule has 0 spiro atoms. The highest BCUT2D eigenvalue weighted by atomic mass is 16.5. The van der Waals surface area contributed by atoms with Gasteiger partial charge in [-0.05, 0) is 25.2 Å². The van der Waals surface area contributed by atoms with Crippen molar-refractivity contribution in [2.75, 3.05) is 13.2 Å². The summed E-state index contributed by atoms with van der Waals surface area (Å²) < 4.78 is 5.88. The fourth-order valence-electron chi connectivity index (χ4n) is 2.43. The summed E-state index contributed by atoms with van der Waals surface area (Å²) >= 11 is 0. The van der Waals surface area contributed by atoms with Crippen molar-refractivity contribution in [1.29, 1.82) is 0 Å². The van der Waals surface area contributed by atoms with E-state index in [1.54, 1.807) is 0 Å². The molecule has 2 aliphatic rings. The van der Waals surface area contributed by atoms with Crippen LogP contribution in [0.2, 0.25) is 0 Å². The third-order valence-corrected chi connectivity index (χ3v) is 3.51. The van der Waals surface area contributed by atoms with E-state index in [1.165, 1.54) is 19.3 Å². The molecule has 0 unspecified atom stereocenters. The molecule has 1 heterocycles. The number of ether oxygens (including phenoxy) is 1. The van der Waals surface area contributed by atoms with Crippen LogP contribution < -0.4 is 5.32 Å². The summed E-state index contributed by atoms with van der Waals surface area (Å²) in [6.07, 6.45) is 3.78. The standard InChI is InChI=1S/C11H21NO/c1-9(2)7-12-11-8-10(11,3)5-4-6-13-11/h9,12H,4-8H2,1-3H3/t10-,11+/m1/s1. The van der Waals surface area contributed by atoms with Crippen molar-refractivity contribution >= 4 is 0 Å². The number of fused-ring (bicyclic) bond motifs is 1. The second-order valence-corrected chi connectivity index (χ2v) is 5.29. The lowest BCUT2D eigenvalue weighted by atomic mass is 9.99. The number of rotatable bonds is 3. The molecule has 2 atom stereocenters. The molecule has 1 aliphatic heterocycles. The molecule has 76 valence electrons. The van der Waals surface area contributed by atoms with Gasteiger partial charge in [0, 0.05) is 18.6 Å². The van der Waals surface area contributed by atoms with E-state index in [1.807, 2.05) is 0 Å². The first kappa shape index (κ1) is 9.47. The van der Waals surface area contributed by atoms with Gasteiger partial charge in [0.1, 0.15) is 5.72 Å². The molecule has 0 amide bonds. The fourth-order valence-corrected chi connectivity index (χ4v) is 2.43. The Balaban J connectivity index is 1.91. The van der Waals surface area contributed by atoms with Gasteiger partial charge >= 0.3 is 0 Å². The van der Waals surface area contributed by atoms with Gasteiger partial charge in [-0.1, -0.05) is 20.8 Å². The van der Waals surface area contributed by atoms with Crippen molar-refractivity contribution in [2.24, 2.45) is 11.3 Å². The monoisotopic (exact) mass is 183 g/mol. The Hall–Kier alpha value is -0.0800. The first-order chi connectivity index (χ1) is 6.08. The van der Waals surface area contributed by atoms with Crippen LogP contribution >= 0.6 is 0 Å². The predicted octanol–water partition coefficient (Wildman–Crippen LogP) is 2.15. The maximum atomic E-state index is 5.88. The molecule has 1 aliphatic carbocycles. The van der Waals surface area contributed by atoms with Gasteiger partial charge in [0.05, 0.1) is 0 Å². The summed E-state index contributed by atoms with van der Waals surface area (Å²) in [5, 5.41) is 3.59. The third-order valence-electron chi connectivity index (χ3n) is 3.51. The molecule has 0 radical (unpaired) electrons. The predicted molar refractivity (Wildman–Crippen MR) is 53.5 cm³/mol. The fraction of sp³-hybridized carbons (Fsp3) is 1.00. The van der Waals surface area contributed by atoms with Crippen LogP contribution in [0.4, 0.5) is 0 Å². The van der Waals surface area contributed by atoms with E-state index in [4.69, 9.17) is 4.74 Å². The van der Waals surface area contributed by atoms with Crippen molar-refractivity contribution in [3.8, 4) is 0 Å². The Morgan fingerprint density at radius 2 is 2.23 bits per heavy atom. The number of nitrogens with one attached hydrogen (secondary N) is 1. The molecule has 0 aromatic heterocycles. The largest absolute Gasteiger partial charge is 0.360 e. The lowest BCUT2D eigenvalue weighted by Gasteiger charge is -2.29. The summed E-state index contributed by atoms with van der Waals surface area (Å²) in [5.74, 6) is 0.713. The molecule has 0 bridgehead atoms. The van der Waals surface area contributed by atoms with Crippen LogP contribution in [0.15, 0.2) is 0 Å². The molecule has 1 saturated carbocycles. The summed E-state index contributed by atoms with van der Waals surface area (Å²) in [7, 11) is 0. The first-order valence-electron chi connectivity index (χ1n) is 5.47. The molecule has 2 heteroatoms. The zero-order valence-corrected chi connectivity index (χ0v) is 9.02. The molecular formula is C11H21NO. The smallest absolute Gasteiger partial charge is 0.125 e. The van der Waals surface area contributed by atoms with E-state index in [0.717, 1.165) is 13.2 Å². The van der Waals surface area contributed by atoms with Gasteiger partial charge in [-0.15, -0.1) is 0 Å². The van der Waals surface area contributed by atoms with Crippen LogP contribution in [0.25, 0.3) is 0 Å². The van der Waals surface area contributed by atoms with Crippen molar-refractivity contribution in [3.63, 3.8) is 0 Å². The van der Waals surface area contributed by atoms with Crippen LogP contribution in [0, 0.1) is 11.3 Å². The Morgan fingerprint density at radius 1 is 1.46 bits per heavy atom. The first-order valence-corrected chi connectivity index (χ1v) is 5.47. The Bertz CT molecular complexity index is 200. The van der Waals surface area contributed by atoms with Crippen molar-refractivity contribution in [2.45, 2.75) is 45.8 Å². The van der Waals surface area contributed by atoms with Crippen molar-refractivity contribution in [1.82, 2.24) is 5.32 Å². The Kier molecular flexibility index (Phi) is 2.16. The minimum absolute atomic E-state index is 0.0650. The van der Waals surface area contributed by atoms with Crippen molar-refractivity contribution < 1.29 is 4.74 Å². The average Bonchev–Trinajstić information content (AvgIpc) is 2.68. The maximum absolute atomic E-state index is 5.88. The van der Waals surface area contributed by atoms with Crippen LogP contribution in [-0.2, 0) is 4.74 Å². The number of hydrogen-bond acceptors (Lipinski definition) is 2. The highest BCUT2D eigenvalue weighted by Gasteiger charge is 2.66. The molecular weight excluding hydrogens is 162 g/mol. The van der Waals surface area contributed by atoms with Gasteiger partial charge in [0.15, 0.2) is 0 Å². The van der Waals surface area contributed by atoms with Gasteiger partial charge in [-0.3, -0.25) is 5.32 Å². The number of hydrogen-bond donors (Lipinski definition) is 1. The van der Waals surface area contributed by atoms with E-state index >= 15 is 0 Å². The van der Waals surface area contributed by atoms with Crippen molar-refractivity contribution in [3.05, 3.63) is 0 Å². The molecule has 2 rings (SSSR count). The minimum Gasteiger partial charge on any atom is -0.360 e. The van der Waals surface area contributed by atoms with Crippen LogP contribution in [0.3, 0.4) is 0 Å². The van der Waals surface area contributed by atoms with E-state index in [-0.39, 0.29) is 5.72 Å². The van der Waals surface area contributed by atoms with Gasteiger partial charge in [-0.2, -0.15) is 0 Å². The lowest BCUT2D eigenvalue weighted by Crippen LogP contribution is -2.43. The zero-order chi connectivity index (χ0) is 9.53. The Labute approximate surface area is 81.0 Å². The van der Waals surface area contributed by atoms with Crippen LogP contribution in [0.5, 0.6) is 0 Å². The lowest BCUT2D eigenvalue weighted by molar-refractivity contribution is -0.0515. The van der Waals surface area contributed by atoms with E-state index in [9.17, 15) is 0 Å². The molecule has 2 nitrogen and oxygen atoms in total. The summed E-state index contributed by atoms with van der Waals surface area (Å²) in [6, 6.07) is 0. The van der Waals surface area contributed by atoms with Gasteiger partial charge in [0.2, 0.25) is 0 Å². The van der Waals surface area contributed by atoms with Crippen LogP contribution in [-0.4, -0.2) is 18.9 Å². The molecule has 1 N–H and O–H groups in total. The molecule has 13 heavy (non-hydrogen) atoms. The van der Waals surface area contributed by atoms with E-state index in [2.05, 4.69) is 26.1 Å². The summed E-state index contributed by atoms with van der Waals surface area (Å²) in [6.45, 7) is 8.86. The minimum atomic E-state index is 0.0650. The highest BCUT2D eigenvalue weighted by Crippen LogP contribution is 2.61. The molecule has 0 aromatic rings. The van der Waals surface area contributed by atoms with Crippen LogP contribution in [0.1, 0.15) is 40.0 Å². The van der Waals surface area contributed by atoms with Gasteiger partial charge in [-0.25, -0.2) is 0 Å². The Morgan fingerprint density at radius 3 is 2.85 bits per heavy atom. The average molecular weight is 183 g/mol. The molecule has 2 fully saturated rings. The normalized spacial score (nSPS) is 43.4. The quantitative estimate of drug-likeness (QED) is 0.724.